The van der Waals surface area contributed by atoms with Gasteiger partial charge in [0.15, 0.2) is 0 Å². The molecule has 3 N–H and O–H groups in total. The molecule has 3 rings (SSSR count). The first-order valence-corrected chi connectivity index (χ1v) is 13.1. The molecule has 0 aromatic rings. The number of ether oxygens (including phenoxy) is 2. The van der Waals surface area contributed by atoms with E-state index in [0.717, 1.165) is 25.7 Å². The van der Waals surface area contributed by atoms with Crippen LogP contribution in [0.3, 0.4) is 0 Å². The van der Waals surface area contributed by atoms with E-state index in [4.69, 9.17) is 9.47 Å². The number of β-lactam (4-membered cyclic amide) rings is 1. The zero-order valence-electron chi connectivity index (χ0n) is 20.8. The van der Waals surface area contributed by atoms with Gasteiger partial charge in [0.05, 0.1) is 19.1 Å². The second-order valence-corrected chi connectivity index (χ2v) is 10.6. The predicted molar refractivity (Wildman–Crippen MR) is 129 cm³/mol. The average Bonchev–Trinajstić information content (AvgIpc) is 2.82. The summed E-state index contributed by atoms with van der Waals surface area (Å²) in [7, 11) is 0. The van der Waals surface area contributed by atoms with Gasteiger partial charge in [-0.05, 0) is 64.2 Å². The van der Waals surface area contributed by atoms with Crippen LogP contribution in [0, 0.1) is 17.8 Å². The van der Waals surface area contributed by atoms with Gasteiger partial charge in [-0.1, -0.05) is 38.5 Å². The molecule has 2 aliphatic carbocycles. The Bertz CT molecular complexity index is 689. The van der Waals surface area contributed by atoms with Gasteiger partial charge in [0.25, 0.3) is 0 Å². The predicted octanol–water partition coefficient (Wildman–Crippen LogP) is 4.26. The Kier molecular flexibility index (Phi) is 10.0. The first-order valence-electron chi connectivity index (χ1n) is 13.1. The lowest BCUT2D eigenvalue weighted by Gasteiger charge is -2.44. The maximum absolute atomic E-state index is 12.3. The van der Waals surface area contributed by atoms with Crippen molar-refractivity contribution in [3.8, 4) is 0 Å². The molecule has 1 saturated heterocycles. The van der Waals surface area contributed by atoms with Gasteiger partial charge >= 0.3 is 12.2 Å². The van der Waals surface area contributed by atoms with Crippen molar-refractivity contribution in [2.24, 2.45) is 22.7 Å². The smallest absolute Gasteiger partial charge is 0.413 e. The monoisotopic (exact) mass is 478 g/mol. The molecule has 0 radical (unpaired) electrons. The molecule has 9 heteroatoms. The molecule has 34 heavy (non-hydrogen) atoms. The standard InChI is InChI=1S/C25H42N4O5/c1-25(2)20(21(30)29-25)14-9-15-26-22(27-23(31)33-16-18-10-5-3-6-11-18)28-24(32)34-17-19-12-7-4-8-13-19/h18-20H,3-17H2,1-2H3,(H,29,30)(H2,26,27,28,31,32). The van der Waals surface area contributed by atoms with Crippen molar-refractivity contribution in [2.45, 2.75) is 96.4 Å². The van der Waals surface area contributed by atoms with Gasteiger partial charge in [-0.15, -0.1) is 0 Å². The van der Waals surface area contributed by atoms with E-state index in [1.54, 1.807) is 0 Å². The summed E-state index contributed by atoms with van der Waals surface area (Å²) in [6, 6.07) is 0. The van der Waals surface area contributed by atoms with Gasteiger partial charge in [0.1, 0.15) is 0 Å². The number of alkyl carbamates (subject to hydrolysis) is 2. The SMILES string of the molecule is CC1(C)NC(=O)C1CCCN=C(NC(=O)OCC1CCCCC1)NC(=O)OCC1CCCCC1. The van der Waals surface area contributed by atoms with Gasteiger partial charge in [0.2, 0.25) is 11.9 Å². The third kappa shape index (κ3) is 8.47. The van der Waals surface area contributed by atoms with Crippen molar-refractivity contribution in [3.63, 3.8) is 0 Å². The highest BCUT2D eigenvalue weighted by Gasteiger charge is 2.45. The van der Waals surface area contributed by atoms with Crippen LogP contribution in [-0.4, -0.2) is 49.4 Å². The van der Waals surface area contributed by atoms with E-state index in [9.17, 15) is 14.4 Å². The summed E-state index contributed by atoms with van der Waals surface area (Å²) in [6.07, 6.45) is 11.6. The minimum Gasteiger partial charge on any atom is -0.449 e. The lowest BCUT2D eigenvalue weighted by Crippen LogP contribution is -2.65. The first-order chi connectivity index (χ1) is 16.3. The van der Waals surface area contributed by atoms with E-state index in [0.29, 0.717) is 44.4 Å². The highest BCUT2D eigenvalue weighted by molar-refractivity contribution is 6.01. The average molecular weight is 479 g/mol. The molecule has 0 bridgehead atoms. The minimum absolute atomic E-state index is 0.0274. The van der Waals surface area contributed by atoms with E-state index in [1.165, 1.54) is 38.5 Å². The van der Waals surface area contributed by atoms with Crippen LogP contribution < -0.4 is 16.0 Å². The van der Waals surface area contributed by atoms with Crippen LogP contribution in [0.15, 0.2) is 4.99 Å². The summed E-state index contributed by atoms with van der Waals surface area (Å²) in [5.74, 6) is 0.825. The number of carbonyl (C=O) groups is 3. The Morgan fingerprint density at radius 1 is 0.912 bits per heavy atom. The van der Waals surface area contributed by atoms with Crippen molar-refractivity contribution in [1.29, 1.82) is 0 Å². The van der Waals surface area contributed by atoms with E-state index in [1.807, 2.05) is 13.8 Å². The lowest BCUT2D eigenvalue weighted by atomic mass is 9.76. The molecule has 2 saturated carbocycles. The van der Waals surface area contributed by atoms with Crippen molar-refractivity contribution >= 4 is 24.1 Å². The molecule has 0 aromatic heterocycles. The molecule has 1 aliphatic heterocycles. The number of aliphatic imine (C=N–C) groups is 1. The fraction of sp³-hybridized carbons (Fsp3) is 0.840. The molecule has 1 atom stereocenters. The normalized spacial score (nSPS) is 22.6. The maximum Gasteiger partial charge on any atom is 0.413 e. The number of hydrogen-bond acceptors (Lipinski definition) is 6. The molecule has 1 unspecified atom stereocenters. The second-order valence-electron chi connectivity index (χ2n) is 10.6. The van der Waals surface area contributed by atoms with Crippen LogP contribution in [0.25, 0.3) is 0 Å². The first kappa shape index (κ1) is 26.3. The van der Waals surface area contributed by atoms with Crippen LogP contribution in [-0.2, 0) is 14.3 Å². The number of nitrogens with one attached hydrogen (secondary N) is 3. The molecular formula is C25H42N4O5. The fourth-order valence-electron chi connectivity index (χ4n) is 5.19. The molecule has 3 amide bonds. The molecule has 0 aromatic carbocycles. The maximum atomic E-state index is 12.3. The second kappa shape index (κ2) is 13.0. The molecule has 9 nitrogen and oxygen atoms in total. The molecular weight excluding hydrogens is 436 g/mol. The summed E-state index contributed by atoms with van der Waals surface area (Å²) in [6.45, 7) is 5.11. The molecule has 192 valence electrons. The highest BCUT2D eigenvalue weighted by Crippen LogP contribution is 2.30. The lowest BCUT2D eigenvalue weighted by molar-refractivity contribution is -0.140. The molecule has 3 aliphatic rings. The number of rotatable bonds is 8. The summed E-state index contributed by atoms with van der Waals surface area (Å²) < 4.78 is 10.8. The van der Waals surface area contributed by atoms with Crippen molar-refractivity contribution in [1.82, 2.24) is 16.0 Å². The Morgan fingerprint density at radius 2 is 1.41 bits per heavy atom. The summed E-state index contributed by atoms with van der Waals surface area (Å²) in [4.78, 5) is 40.8. The number of nitrogens with zero attached hydrogens (tertiary/aromatic N) is 1. The molecule has 1 heterocycles. The third-order valence-electron chi connectivity index (χ3n) is 7.34. The Balaban J connectivity index is 1.46. The molecule has 0 spiro atoms. The van der Waals surface area contributed by atoms with Crippen molar-refractivity contribution < 1.29 is 23.9 Å². The minimum atomic E-state index is -0.628. The van der Waals surface area contributed by atoms with Gasteiger partial charge in [-0.3, -0.25) is 20.4 Å². The van der Waals surface area contributed by atoms with Crippen molar-refractivity contribution in [3.05, 3.63) is 0 Å². The zero-order valence-corrected chi connectivity index (χ0v) is 20.8. The Morgan fingerprint density at radius 3 is 1.85 bits per heavy atom. The number of hydrogen-bond donors (Lipinski definition) is 3. The van der Waals surface area contributed by atoms with Crippen LogP contribution in [0.2, 0.25) is 0 Å². The Hall–Kier alpha value is -2.32. The van der Waals surface area contributed by atoms with E-state index in [-0.39, 0.29) is 23.3 Å². The molecule has 3 fully saturated rings. The largest absolute Gasteiger partial charge is 0.449 e. The Labute approximate surface area is 203 Å². The van der Waals surface area contributed by atoms with E-state index >= 15 is 0 Å². The summed E-state index contributed by atoms with van der Waals surface area (Å²) in [5, 5.41) is 8.02. The third-order valence-corrected chi connectivity index (χ3v) is 7.34. The summed E-state index contributed by atoms with van der Waals surface area (Å²) >= 11 is 0. The van der Waals surface area contributed by atoms with Gasteiger partial charge in [-0.25, -0.2) is 9.59 Å². The van der Waals surface area contributed by atoms with E-state index < -0.39 is 12.2 Å². The van der Waals surface area contributed by atoms with Gasteiger partial charge in [0, 0.05) is 12.1 Å². The van der Waals surface area contributed by atoms with Gasteiger partial charge < -0.3 is 14.8 Å². The van der Waals surface area contributed by atoms with Crippen LogP contribution in [0.1, 0.15) is 90.9 Å². The number of carbonyl (C=O) groups excluding carboxylic acids is 3. The van der Waals surface area contributed by atoms with Crippen LogP contribution in [0.4, 0.5) is 9.59 Å². The fourth-order valence-corrected chi connectivity index (χ4v) is 5.19. The highest BCUT2D eigenvalue weighted by atomic mass is 16.6. The number of guanidine groups is 1. The quantitative estimate of drug-likeness (QED) is 0.208. The summed E-state index contributed by atoms with van der Waals surface area (Å²) in [5.41, 5.74) is -0.202. The topological polar surface area (TPSA) is 118 Å². The zero-order chi connectivity index (χ0) is 24.4. The van der Waals surface area contributed by atoms with Crippen LogP contribution in [0.5, 0.6) is 0 Å². The van der Waals surface area contributed by atoms with Crippen molar-refractivity contribution in [2.75, 3.05) is 19.8 Å². The number of amides is 3. The van der Waals surface area contributed by atoms with Gasteiger partial charge in [-0.2, -0.15) is 0 Å². The van der Waals surface area contributed by atoms with E-state index in [2.05, 4.69) is 20.9 Å². The van der Waals surface area contributed by atoms with Crippen LogP contribution >= 0.6 is 0 Å².